The Morgan fingerprint density at radius 1 is 0.438 bits per heavy atom. The molecular weight excluding hydrogens is 791 g/mol. The van der Waals surface area contributed by atoms with Gasteiger partial charge in [0, 0.05) is 12.8 Å². The largest absolute Gasteiger partial charge is 0.466 e. The number of amides is 1. The van der Waals surface area contributed by atoms with Crippen molar-refractivity contribution in [3.63, 3.8) is 0 Å². The molecule has 0 aliphatic carbocycles. The normalized spacial score (nSPS) is 12.8. The number of unbranched alkanes of at least 4 members (excludes halogenated alkanes) is 38. The van der Waals surface area contributed by atoms with E-state index in [0.29, 0.717) is 25.9 Å². The monoisotopic (exact) mass is 902 g/mol. The molecule has 0 radical (unpaired) electrons. The number of carbonyl (C=O) groups excluding carboxylic acids is 2. The van der Waals surface area contributed by atoms with Crippen molar-refractivity contribution >= 4 is 11.9 Å². The summed E-state index contributed by atoms with van der Waals surface area (Å²) in [6, 6.07) is -0.541. The molecule has 0 saturated carbocycles. The molecule has 0 aromatic heterocycles. The van der Waals surface area contributed by atoms with Crippen LogP contribution in [0.1, 0.15) is 309 Å². The van der Waals surface area contributed by atoms with Gasteiger partial charge in [-0.3, -0.25) is 9.59 Å². The number of ether oxygens (including phenoxy) is 1. The number of nitrogens with one attached hydrogen (secondary N) is 1. The molecule has 0 aromatic carbocycles. The molecule has 0 spiro atoms. The first-order chi connectivity index (χ1) is 31.5. The Morgan fingerprint density at radius 2 is 0.781 bits per heavy atom. The topological polar surface area (TPSA) is 95.9 Å². The van der Waals surface area contributed by atoms with Gasteiger partial charge in [0.15, 0.2) is 0 Å². The second-order valence-corrected chi connectivity index (χ2v) is 19.6. The summed E-state index contributed by atoms with van der Waals surface area (Å²) < 4.78 is 5.48. The van der Waals surface area contributed by atoms with Crippen molar-refractivity contribution in [1.82, 2.24) is 5.32 Å². The van der Waals surface area contributed by atoms with E-state index < -0.39 is 12.1 Å². The minimum Gasteiger partial charge on any atom is -0.466 e. The Balaban J connectivity index is 3.36. The maximum Gasteiger partial charge on any atom is 0.305 e. The standard InChI is InChI=1S/C58H111NO5/c1-3-5-7-9-11-13-15-16-17-22-26-29-32-36-40-44-48-52-58(63)64-53-49-45-41-37-33-30-27-24-21-19-18-20-23-25-28-31-35-39-43-47-51-57(62)59-55(54-60)56(61)50-46-42-38-34-14-12-10-8-6-4-2/h11,13,16-17,55-56,60-61H,3-10,12,14-15,18-54H2,1-2H3,(H,59,62)/b13-11-,17-16-. The number of aliphatic hydroxyl groups excluding tert-OH is 2. The summed E-state index contributed by atoms with van der Waals surface area (Å²) in [6.45, 7) is 4.91. The summed E-state index contributed by atoms with van der Waals surface area (Å²) in [5.41, 5.74) is 0. The fraction of sp³-hybridized carbons (Fsp3) is 0.897. The highest BCUT2D eigenvalue weighted by molar-refractivity contribution is 5.76. The molecule has 6 heteroatoms. The first-order valence-corrected chi connectivity index (χ1v) is 28.6. The lowest BCUT2D eigenvalue weighted by Crippen LogP contribution is -2.45. The number of hydrogen-bond acceptors (Lipinski definition) is 5. The summed E-state index contributed by atoms with van der Waals surface area (Å²) in [5, 5.41) is 23.1. The van der Waals surface area contributed by atoms with Crippen LogP contribution in [-0.4, -0.2) is 47.4 Å². The van der Waals surface area contributed by atoms with E-state index in [-0.39, 0.29) is 18.5 Å². The molecule has 0 fully saturated rings. The highest BCUT2D eigenvalue weighted by Crippen LogP contribution is 2.17. The van der Waals surface area contributed by atoms with Crippen LogP contribution in [0.3, 0.4) is 0 Å². The molecule has 3 N–H and O–H groups in total. The molecule has 0 bridgehead atoms. The summed E-state index contributed by atoms with van der Waals surface area (Å²) in [5.74, 6) is -0.0353. The molecule has 378 valence electrons. The third-order valence-electron chi connectivity index (χ3n) is 13.3. The lowest BCUT2D eigenvalue weighted by molar-refractivity contribution is -0.143. The lowest BCUT2D eigenvalue weighted by Gasteiger charge is -2.22. The predicted molar refractivity (Wildman–Crippen MR) is 278 cm³/mol. The van der Waals surface area contributed by atoms with Gasteiger partial charge in [-0.15, -0.1) is 0 Å². The van der Waals surface area contributed by atoms with Crippen LogP contribution < -0.4 is 5.32 Å². The van der Waals surface area contributed by atoms with Gasteiger partial charge in [0.05, 0.1) is 25.4 Å². The van der Waals surface area contributed by atoms with Crippen molar-refractivity contribution in [2.75, 3.05) is 13.2 Å². The van der Waals surface area contributed by atoms with Crippen LogP contribution in [0.15, 0.2) is 24.3 Å². The smallest absolute Gasteiger partial charge is 0.305 e. The van der Waals surface area contributed by atoms with Crippen molar-refractivity contribution in [2.45, 2.75) is 321 Å². The number of aliphatic hydroxyl groups is 2. The molecule has 0 rings (SSSR count). The minimum absolute atomic E-state index is 0.00284. The molecule has 0 heterocycles. The first-order valence-electron chi connectivity index (χ1n) is 28.6. The summed E-state index contributed by atoms with van der Waals surface area (Å²) >= 11 is 0. The van der Waals surface area contributed by atoms with Crippen LogP contribution in [-0.2, 0) is 14.3 Å². The van der Waals surface area contributed by atoms with Crippen molar-refractivity contribution in [1.29, 1.82) is 0 Å². The molecule has 2 atom stereocenters. The van der Waals surface area contributed by atoms with E-state index in [9.17, 15) is 19.8 Å². The van der Waals surface area contributed by atoms with Crippen molar-refractivity contribution in [2.24, 2.45) is 0 Å². The summed E-state index contributed by atoms with van der Waals surface area (Å²) in [4.78, 5) is 24.5. The highest BCUT2D eigenvalue weighted by atomic mass is 16.5. The van der Waals surface area contributed by atoms with E-state index in [1.807, 2.05) is 0 Å². The number of rotatable bonds is 53. The van der Waals surface area contributed by atoms with E-state index >= 15 is 0 Å². The predicted octanol–water partition coefficient (Wildman–Crippen LogP) is 17.5. The third-order valence-corrected chi connectivity index (χ3v) is 13.3. The molecule has 0 aromatic rings. The molecule has 0 saturated heterocycles. The second kappa shape index (κ2) is 54.0. The van der Waals surface area contributed by atoms with Crippen LogP contribution in [0.25, 0.3) is 0 Å². The molecule has 1 amide bonds. The average molecular weight is 903 g/mol. The van der Waals surface area contributed by atoms with Crippen LogP contribution >= 0.6 is 0 Å². The molecule has 2 unspecified atom stereocenters. The number of hydrogen-bond donors (Lipinski definition) is 3. The molecule has 64 heavy (non-hydrogen) atoms. The quantitative estimate of drug-likeness (QED) is 0.0321. The van der Waals surface area contributed by atoms with Gasteiger partial charge in [0.1, 0.15) is 0 Å². The van der Waals surface area contributed by atoms with Crippen LogP contribution in [0.2, 0.25) is 0 Å². The summed E-state index contributed by atoms with van der Waals surface area (Å²) in [6.07, 6.45) is 64.6. The van der Waals surface area contributed by atoms with E-state index in [1.165, 1.54) is 225 Å². The molecular formula is C58H111NO5. The van der Waals surface area contributed by atoms with Crippen molar-refractivity contribution < 1.29 is 24.5 Å². The fourth-order valence-electron chi connectivity index (χ4n) is 8.85. The van der Waals surface area contributed by atoms with Crippen LogP contribution in [0.5, 0.6) is 0 Å². The van der Waals surface area contributed by atoms with E-state index in [2.05, 4.69) is 43.5 Å². The zero-order chi connectivity index (χ0) is 46.5. The van der Waals surface area contributed by atoms with Crippen LogP contribution in [0.4, 0.5) is 0 Å². The van der Waals surface area contributed by atoms with Gasteiger partial charge < -0.3 is 20.3 Å². The fourth-order valence-corrected chi connectivity index (χ4v) is 8.85. The maximum atomic E-state index is 12.4. The molecule has 6 nitrogen and oxygen atoms in total. The Bertz CT molecular complexity index is 997. The van der Waals surface area contributed by atoms with Gasteiger partial charge in [0.2, 0.25) is 5.91 Å². The molecule has 0 aliphatic heterocycles. The Morgan fingerprint density at radius 3 is 1.22 bits per heavy atom. The van der Waals surface area contributed by atoms with Crippen molar-refractivity contribution in [3.05, 3.63) is 24.3 Å². The zero-order valence-electron chi connectivity index (χ0n) is 43.0. The third kappa shape index (κ3) is 49.8. The second-order valence-electron chi connectivity index (χ2n) is 19.6. The maximum absolute atomic E-state index is 12.4. The Hall–Kier alpha value is -1.66. The minimum atomic E-state index is -0.663. The van der Waals surface area contributed by atoms with Gasteiger partial charge in [-0.1, -0.05) is 263 Å². The van der Waals surface area contributed by atoms with E-state index in [1.54, 1.807) is 0 Å². The lowest BCUT2D eigenvalue weighted by atomic mass is 10.0. The Kier molecular flexibility index (Phi) is 52.6. The first kappa shape index (κ1) is 62.3. The van der Waals surface area contributed by atoms with Gasteiger partial charge in [-0.2, -0.15) is 0 Å². The number of carbonyl (C=O) groups is 2. The van der Waals surface area contributed by atoms with E-state index in [0.717, 1.165) is 51.4 Å². The number of allylic oxidation sites excluding steroid dienone is 4. The van der Waals surface area contributed by atoms with Crippen molar-refractivity contribution in [3.8, 4) is 0 Å². The van der Waals surface area contributed by atoms with Gasteiger partial charge in [0.25, 0.3) is 0 Å². The highest BCUT2D eigenvalue weighted by Gasteiger charge is 2.20. The van der Waals surface area contributed by atoms with Crippen LogP contribution in [0, 0.1) is 0 Å². The number of esters is 1. The zero-order valence-corrected chi connectivity index (χ0v) is 43.0. The van der Waals surface area contributed by atoms with Gasteiger partial charge in [-0.05, 0) is 57.8 Å². The SMILES string of the molecule is CCCCC/C=C\C/C=C\CCCCCCCCCC(=O)OCCCCCCCCCCCCCCCCCCCCCCC(=O)NC(CO)C(O)CCCCCCCCCCCC. The van der Waals surface area contributed by atoms with Gasteiger partial charge in [-0.25, -0.2) is 0 Å². The molecule has 0 aliphatic rings. The Labute approximate surface area is 399 Å². The summed E-state index contributed by atoms with van der Waals surface area (Å²) in [7, 11) is 0. The van der Waals surface area contributed by atoms with E-state index in [4.69, 9.17) is 4.74 Å². The van der Waals surface area contributed by atoms with Gasteiger partial charge >= 0.3 is 5.97 Å². The average Bonchev–Trinajstić information content (AvgIpc) is 3.29.